The van der Waals surface area contributed by atoms with Gasteiger partial charge in [-0.05, 0) is 19.3 Å². The van der Waals surface area contributed by atoms with Gasteiger partial charge in [0.2, 0.25) is 11.8 Å². The second-order valence-electron chi connectivity index (χ2n) is 3.21. The van der Waals surface area contributed by atoms with Gasteiger partial charge in [0.1, 0.15) is 12.1 Å². The highest BCUT2D eigenvalue weighted by Crippen LogP contribution is 2.19. The van der Waals surface area contributed by atoms with Crippen molar-refractivity contribution in [2.24, 2.45) is 17.3 Å². The highest BCUT2D eigenvalue weighted by Gasteiger charge is 2.34. The van der Waals surface area contributed by atoms with Gasteiger partial charge in [0, 0.05) is 0 Å². The lowest BCUT2D eigenvalue weighted by molar-refractivity contribution is -0.132. The van der Waals surface area contributed by atoms with Gasteiger partial charge in [-0.25, -0.2) is 5.01 Å². The van der Waals surface area contributed by atoms with Crippen molar-refractivity contribution in [2.45, 2.75) is 31.3 Å². The number of rotatable bonds is 2. The zero-order valence-corrected chi connectivity index (χ0v) is 7.27. The molecule has 1 heterocycles. The largest absolute Gasteiger partial charge is 0.368 e. The summed E-state index contributed by atoms with van der Waals surface area (Å²) in [4.78, 5) is 21.8. The first kappa shape index (κ1) is 9.94. The molecule has 2 unspecified atom stereocenters. The Hall–Kier alpha value is -1.14. The van der Waals surface area contributed by atoms with Crippen LogP contribution in [0.5, 0.6) is 0 Å². The van der Waals surface area contributed by atoms with E-state index in [1.165, 1.54) is 5.01 Å². The van der Waals surface area contributed by atoms with Crippen molar-refractivity contribution in [3.8, 4) is 0 Å². The van der Waals surface area contributed by atoms with Gasteiger partial charge in [0.15, 0.2) is 0 Å². The van der Waals surface area contributed by atoms with Gasteiger partial charge in [-0.15, -0.1) is 0 Å². The zero-order chi connectivity index (χ0) is 10.0. The first-order valence-corrected chi connectivity index (χ1v) is 4.15. The Labute approximate surface area is 76.0 Å². The van der Waals surface area contributed by atoms with Crippen molar-refractivity contribution in [1.82, 2.24) is 5.01 Å². The van der Waals surface area contributed by atoms with E-state index in [0.29, 0.717) is 12.8 Å². The Bertz CT molecular complexity index is 209. The monoisotopic (exact) mass is 186 g/mol. The van der Waals surface area contributed by atoms with E-state index in [1.807, 2.05) is 0 Å². The van der Waals surface area contributed by atoms with Gasteiger partial charge in [-0.3, -0.25) is 15.4 Å². The number of carbonyl (C=O) groups is 2. The van der Waals surface area contributed by atoms with Crippen LogP contribution in [0.1, 0.15) is 19.3 Å². The first-order valence-electron chi connectivity index (χ1n) is 4.15. The molecule has 0 aromatic heterocycles. The standard InChI is InChI=1S/C7H14N4O2/c8-6(12)4-2-1-3-5(7(9)13)11(4)10/h4-5H,1-3,10H2,(H2,8,12)(H2,9,13). The molecule has 0 saturated carbocycles. The molecule has 6 N–H and O–H groups in total. The normalized spacial score (nSPS) is 29.9. The maximum Gasteiger partial charge on any atom is 0.236 e. The van der Waals surface area contributed by atoms with Gasteiger partial charge in [0.05, 0.1) is 0 Å². The van der Waals surface area contributed by atoms with Crippen LogP contribution >= 0.6 is 0 Å². The fourth-order valence-corrected chi connectivity index (χ4v) is 1.60. The number of hydrogen-bond acceptors (Lipinski definition) is 4. The molecule has 0 bridgehead atoms. The fraction of sp³-hybridized carbons (Fsp3) is 0.714. The first-order chi connectivity index (χ1) is 6.04. The average molecular weight is 186 g/mol. The summed E-state index contributed by atoms with van der Waals surface area (Å²) >= 11 is 0. The van der Waals surface area contributed by atoms with Crippen LogP contribution in [0.4, 0.5) is 0 Å². The third kappa shape index (κ3) is 1.96. The van der Waals surface area contributed by atoms with Gasteiger partial charge in [-0.2, -0.15) is 0 Å². The van der Waals surface area contributed by atoms with Gasteiger partial charge in [0.25, 0.3) is 0 Å². The molecule has 13 heavy (non-hydrogen) atoms. The topological polar surface area (TPSA) is 115 Å². The SMILES string of the molecule is NC(=O)C1CCCC(C(N)=O)N1N. The van der Waals surface area contributed by atoms with E-state index in [0.717, 1.165) is 6.42 Å². The minimum absolute atomic E-state index is 0.506. The summed E-state index contributed by atoms with van der Waals surface area (Å²) in [6.07, 6.45) is 1.93. The minimum Gasteiger partial charge on any atom is -0.368 e. The molecule has 74 valence electrons. The van der Waals surface area contributed by atoms with Crippen LogP contribution in [0.25, 0.3) is 0 Å². The van der Waals surface area contributed by atoms with E-state index in [2.05, 4.69) is 0 Å². The third-order valence-corrected chi connectivity index (χ3v) is 2.33. The van der Waals surface area contributed by atoms with Crippen LogP contribution in [-0.4, -0.2) is 28.9 Å². The molecule has 0 radical (unpaired) electrons. The summed E-state index contributed by atoms with van der Waals surface area (Å²) in [5.41, 5.74) is 10.2. The summed E-state index contributed by atoms with van der Waals surface area (Å²) in [6.45, 7) is 0. The Kier molecular flexibility index (Phi) is 2.84. The molecule has 0 spiro atoms. The maximum absolute atomic E-state index is 10.9. The molecule has 6 nitrogen and oxygen atoms in total. The third-order valence-electron chi connectivity index (χ3n) is 2.33. The molecule has 2 amide bonds. The molecule has 1 rings (SSSR count). The van der Waals surface area contributed by atoms with E-state index in [4.69, 9.17) is 17.3 Å². The molecule has 1 aliphatic rings. The Balaban J connectivity index is 2.71. The van der Waals surface area contributed by atoms with Crippen LogP contribution in [0.15, 0.2) is 0 Å². The van der Waals surface area contributed by atoms with Crippen molar-refractivity contribution in [3.05, 3.63) is 0 Å². The summed E-state index contributed by atoms with van der Waals surface area (Å²) in [6, 6.07) is -1.13. The number of hydrazine groups is 1. The smallest absolute Gasteiger partial charge is 0.236 e. The minimum atomic E-state index is -0.564. The van der Waals surface area contributed by atoms with Gasteiger partial charge < -0.3 is 11.5 Å². The Morgan fingerprint density at radius 2 is 1.46 bits per heavy atom. The lowest BCUT2D eigenvalue weighted by Gasteiger charge is -2.35. The van der Waals surface area contributed by atoms with Crippen molar-refractivity contribution >= 4 is 11.8 Å². The van der Waals surface area contributed by atoms with E-state index in [9.17, 15) is 9.59 Å². The zero-order valence-electron chi connectivity index (χ0n) is 7.27. The van der Waals surface area contributed by atoms with E-state index in [1.54, 1.807) is 0 Å². The van der Waals surface area contributed by atoms with Crippen LogP contribution in [0.3, 0.4) is 0 Å². The maximum atomic E-state index is 10.9. The van der Waals surface area contributed by atoms with Crippen LogP contribution in [0.2, 0.25) is 0 Å². The molecule has 6 heteroatoms. The number of primary amides is 2. The summed E-state index contributed by atoms with van der Waals surface area (Å²) in [7, 11) is 0. The lowest BCUT2D eigenvalue weighted by Crippen LogP contribution is -2.59. The molecule has 1 fully saturated rings. The fourth-order valence-electron chi connectivity index (χ4n) is 1.60. The second-order valence-corrected chi connectivity index (χ2v) is 3.21. The lowest BCUT2D eigenvalue weighted by atomic mass is 9.97. The molecular weight excluding hydrogens is 172 g/mol. The van der Waals surface area contributed by atoms with Crippen molar-refractivity contribution in [2.75, 3.05) is 0 Å². The highest BCUT2D eigenvalue weighted by molar-refractivity contribution is 5.83. The Morgan fingerprint density at radius 1 is 1.08 bits per heavy atom. The van der Waals surface area contributed by atoms with Gasteiger partial charge >= 0.3 is 0 Å². The Morgan fingerprint density at radius 3 is 1.77 bits per heavy atom. The molecule has 1 aliphatic heterocycles. The number of piperidine rings is 1. The van der Waals surface area contributed by atoms with Crippen molar-refractivity contribution in [1.29, 1.82) is 0 Å². The van der Waals surface area contributed by atoms with Crippen LogP contribution in [0, 0.1) is 0 Å². The van der Waals surface area contributed by atoms with E-state index >= 15 is 0 Å². The summed E-state index contributed by atoms with van der Waals surface area (Å²) in [5, 5.41) is 1.17. The molecule has 1 saturated heterocycles. The highest BCUT2D eigenvalue weighted by atomic mass is 16.2. The molecule has 2 atom stereocenters. The number of hydrogen-bond donors (Lipinski definition) is 3. The molecule has 0 aromatic rings. The summed E-state index contributed by atoms with van der Waals surface area (Å²) in [5.74, 6) is 4.54. The number of carbonyl (C=O) groups excluding carboxylic acids is 2. The van der Waals surface area contributed by atoms with Crippen molar-refractivity contribution < 1.29 is 9.59 Å². The van der Waals surface area contributed by atoms with Crippen LogP contribution in [-0.2, 0) is 9.59 Å². The van der Waals surface area contributed by atoms with Crippen molar-refractivity contribution in [3.63, 3.8) is 0 Å². The van der Waals surface area contributed by atoms with E-state index in [-0.39, 0.29) is 0 Å². The van der Waals surface area contributed by atoms with Crippen LogP contribution < -0.4 is 17.3 Å². The van der Waals surface area contributed by atoms with E-state index < -0.39 is 23.9 Å². The second kappa shape index (κ2) is 3.71. The summed E-state index contributed by atoms with van der Waals surface area (Å²) < 4.78 is 0. The average Bonchev–Trinajstić information content (AvgIpc) is 2.03. The predicted octanol–water partition coefficient (Wildman–Crippen LogP) is -1.95. The number of amides is 2. The quantitative estimate of drug-likeness (QED) is 0.435. The molecule has 0 aromatic carbocycles. The number of nitrogens with two attached hydrogens (primary N) is 3. The predicted molar refractivity (Wildman–Crippen MR) is 45.8 cm³/mol. The molecule has 0 aliphatic carbocycles. The number of nitrogens with zero attached hydrogens (tertiary/aromatic N) is 1. The molecular formula is C7H14N4O2. The van der Waals surface area contributed by atoms with Gasteiger partial charge in [-0.1, -0.05) is 0 Å².